The van der Waals surface area contributed by atoms with Crippen molar-refractivity contribution in [2.75, 3.05) is 0 Å². The minimum Gasteiger partial charge on any atom is -0.0999 e. The maximum Gasteiger partial charge on any atom is -0.0294 e. The smallest absolute Gasteiger partial charge is 0.0294 e. The lowest BCUT2D eigenvalue weighted by molar-refractivity contribution is 0.280. The maximum atomic E-state index is 4.16. The number of rotatable bonds is 4. The van der Waals surface area contributed by atoms with Gasteiger partial charge in [0.2, 0.25) is 0 Å². The van der Waals surface area contributed by atoms with Crippen molar-refractivity contribution in [2.24, 2.45) is 11.8 Å². The van der Waals surface area contributed by atoms with Gasteiger partial charge in [-0.1, -0.05) is 51.7 Å². The van der Waals surface area contributed by atoms with Crippen molar-refractivity contribution in [3.05, 3.63) is 12.2 Å². The van der Waals surface area contributed by atoms with E-state index in [9.17, 15) is 0 Å². The average Bonchev–Trinajstić information content (AvgIpc) is 2.04. The summed E-state index contributed by atoms with van der Waals surface area (Å²) in [6, 6.07) is 0. The third-order valence-electron chi connectivity index (χ3n) is 3.23. The van der Waals surface area contributed by atoms with E-state index in [-0.39, 0.29) is 0 Å². The zero-order chi connectivity index (χ0) is 9.68. The molecule has 0 radical (unpaired) electrons. The molecule has 0 heterocycles. The molecule has 0 aromatic carbocycles. The van der Waals surface area contributed by atoms with Gasteiger partial charge in [-0.25, -0.2) is 0 Å². The van der Waals surface area contributed by atoms with Crippen molar-refractivity contribution in [1.82, 2.24) is 0 Å². The highest BCUT2D eigenvalue weighted by atomic mass is 14.2. The first-order valence-corrected chi connectivity index (χ1v) is 5.89. The molecule has 13 heavy (non-hydrogen) atoms. The summed E-state index contributed by atoms with van der Waals surface area (Å²) in [6.07, 6.45) is 9.61. The second-order valence-electron chi connectivity index (χ2n) is 4.84. The summed E-state index contributed by atoms with van der Waals surface area (Å²) in [5, 5.41) is 0. The third kappa shape index (κ3) is 3.97. The van der Waals surface area contributed by atoms with Gasteiger partial charge in [-0.05, 0) is 31.1 Å². The molecule has 0 amide bonds. The summed E-state index contributed by atoms with van der Waals surface area (Å²) in [5.74, 6) is 1.93. The standard InChI is InChI=1S/C13H24/c1-4-6-11(2)9-13-8-5-7-12(3)10-13/h12-13H,2,4-10H2,1,3H3/t12?,13-/m1/s1. The topological polar surface area (TPSA) is 0 Å². The normalized spacial score (nSPS) is 28.8. The molecule has 1 aliphatic rings. The second kappa shape index (κ2) is 5.47. The van der Waals surface area contributed by atoms with Crippen molar-refractivity contribution in [2.45, 2.75) is 58.8 Å². The van der Waals surface area contributed by atoms with Gasteiger partial charge in [0.1, 0.15) is 0 Å². The van der Waals surface area contributed by atoms with Crippen LogP contribution in [0.15, 0.2) is 12.2 Å². The van der Waals surface area contributed by atoms with Gasteiger partial charge < -0.3 is 0 Å². The molecule has 2 atom stereocenters. The summed E-state index contributed by atoms with van der Waals surface area (Å²) in [7, 11) is 0. The van der Waals surface area contributed by atoms with Crippen LogP contribution in [0.2, 0.25) is 0 Å². The van der Waals surface area contributed by atoms with Gasteiger partial charge in [0, 0.05) is 0 Å². The molecule has 0 N–H and O–H groups in total. The summed E-state index contributed by atoms with van der Waals surface area (Å²) >= 11 is 0. The monoisotopic (exact) mass is 180 g/mol. The van der Waals surface area contributed by atoms with Crippen LogP contribution >= 0.6 is 0 Å². The molecule has 1 fully saturated rings. The van der Waals surface area contributed by atoms with Gasteiger partial charge in [-0.3, -0.25) is 0 Å². The highest BCUT2D eigenvalue weighted by Crippen LogP contribution is 2.32. The van der Waals surface area contributed by atoms with Crippen molar-refractivity contribution in [3.63, 3.8) is 0 Å². The Hall–Kier alpha value is -0.260. The molecule has 0 spiro atoms. The van der Waals surface area contributed by atoms with Gasteiger partial charge >= 0.3 is 0 Å². The molecule has 0 bridgehead atoms. The van der Waals surface area contributed by atoms with E-state index in [2.05, 4.69) is 20.4 Å². The first kappa shape index (κ1) is 10.8. The molecule has 1 aliphatic carbocycles. The van der Waals surface area contributed by atoms with Crippen molar-refractivity contribution >= 4 is 0 Å². The number of allylic oxidation sites excluding steroid dienone is 1. The predicted molar refractivity (Wildman–Crippen MR) is 59.8 cm³/mol. The molecule has 0 heteroatoms. The molecule has 0 aromatic heterocycles. The highest BCUT2D eigenvalue weighted by molar-refractivity contribution is 4.96. The molecule has 1 rings (SSSR count). The molecule has 0 aromatic rings. The van der Waals surface area contributed by atoms with Crippen LogP contribution < -0.4 is 0 Å². The fraction of sp³-hybridized carbons (Fsp3) is 0.846. The van der Waals surface area contributed by atoms with Crippen molar-refractivity contribution in [3.8, 4) is 0 Å². The highest BCUT2D eigenvalue weighted by Gasteiger charge is 2.18. The van der Waals surface area contributed by atoms with Gasteiger partial charge in [-0.15, -0.1) is 0 Å². The van der Waals surface area contributed by atoms with E-state index in [1.165, 1.54) is 50.5 Å². The SMILES string of the molecule is C=C(CCC)C[C@H]1CCCC(C)C1. The number of hydrogen-bond acceptors (Lipinski definition) is 0. The van der Waals surface area contributed by atoms with Gasteiger partial charge in [0.25, 0.3) is 0 Å². The Bertz CT molecular complexity index is 157. The van der Waals surface area contributed by atoms with Crippen LogP contribution in [0.4, 0.5) is 0 Å². The Morgan fingerprint density at radius 1 is 1.38 bits per heavy atom. The Morgan fingerprint density at radius 2 is 2.15 bits per heavy atom. The quantitative estimate of drug-likeness (QED) is 0.556. The zero-order valence-corrected chi connectivity index (χ0v) is 9.31. The first-order valence-electron chi connectivity index (χ1n) is 5.89. The van der Waals surface area contributed by atoms with Crippen LogP contribution in [0.25, 0.3) is 0 Å². The molecule has 1 unspecified atom stereocenters. The Labute approximate surface area is 83.4 Å². The van der Waals surface area contributed by atoms with E-state index in [1.807, 2.05) is 0 Å². The van der Waals surface area contributed by atoms with Crippen LogP contribution in [-0.4, -0.2) is 0 Å². The molecular formula is C13H24. The summed E-state index contributed by atoms with van der Waals surface area (Å²) < 4.78 is 0. The van der Waals surface area contributed by atoms with E-state index in [0.29, 0.717) is 0 Å². The Balaban J connectivity index is 2.23. The van der Waals surface area contributed by atoms with E-state index in [0.717, 1.165) is 11.8 Å². The molecule has 0 saturated heterocycles. The van der Waals surface area contributed by atoms with Crippen LogP contribution in [0.3, 0.4) is 0 Å². The van der Waals surface area contributed by atoms with Crippen LogP contribution in [-0.2, 0) is 0 Å². The maximum absolute atomic E-state index is 4.16. The van der Waals surface area contributed by atoms with Crippen molar-refractivity contribution in [1.29, 1.82) is 0 Å². The summed E-state index contributed by atoms with van der Waals surface area (Å²) in [4.78, 5) is 0. The Morgan fingerprint density at radius 3 is 2.77 bits per heavy atom. The van der Waals surface area contributed by atoms with Crippen LogP contribution in [0.5, 0.6) is 0 Å². The molecule has 0 aliphatic heterocycles. The fourth-order valence-corrected chi connectivity index (χ4v) is 2.61. The van der Waals surface area contributed by atoms with Gasteiger partial charge in [0.15, 0.2) is 0 Å². The average molecular weight is 180 g/mol. The molecule has 0 nitrogen and oxygen atoms in total. The van der Waals surface area contributed by atoms with Crippen molar-refractivity contribution < 1.29 is 0 Å². The first-order chi connectivity index (χ1) is 6.22. The number of hydrogen-bond donors (Lipinski definition) is 0. The van der Waals surface area contributed by atoms with Crippen LogP contribution in [0, 0.1) is 11.8 Å². The van der Waals surface area contributed by atoms with E-state index in [4.69, 9.17) is 0 Å². The second-order valence-corrected chi connectivity index (χ2v) is 4.84. The predicted octanol–water partition coefficient (Wildman–Crippen LogP) is 4.56. The summed E-state index contributed by atoms with van der Waals surface area (Å²) in [6.45, 7) is 8.81. The minimum absolute atomic E-state index is 0.961. The molecular weight excluding hydrogens is 156 g/mol. The lowest BCUT2D eigenvalue weighted by Crippen LogP contribution is -2.13. The third-order valence-corrected chi connectivity index (χ3v) is 3.23. The molecule has 1 saturated carbocycles. The summed E-state index contributed by atoms with van der Waals surface area (Å²) in [5.41, 5.74) is 1.49. The molecule has 76 valence electrons. The van der Waals surface area contributed by atoms with E-state index in [1.54, 1.807) is 0 Å². The van der Waals surface area contributed by atoms with Gasteiger partial charge in [0.05, 0.1) is 0 Å². The van der Waals surface area contributed by atoms with Gasteiger partial charge in [-0.2, -0.15) is 0 Å². The van der Waals surface area contributed by atoms with E-state index < -0.39 is 0 Å². The lowest BCUT2D eigenvalue weighted by Gasteiger charge is -2.27. The Kier molecular flexibility index (Phi) is 4.55. The lowest BCUT2D eigenvalue weighted by atomic mass is 9.79. The van der Waals surface area contributed by atoms with E-state index >= 15 is 0 Å². The zero-order valence-electron chi connectivity index (χ0n) is 9.31. The minimum atomic E-state index is 0.961. The largest absolute Gasteiger partial charge is 0.0999 e. The van der Waals surface area contributed by atoms with Crippen LogP contribution in [0.1, 0.15) is 58.8 Å². The fourth-order valence-electron chi connectivity index (χ4n) is 2.61.